The van der Waals surface area contributed by atoms with E-state index < -0.39 is 5.76 Å². The zero-order valence-electron chi connectivity index (χ0n) is 8.43. The number of fused-ring (bicyclic) bond motifs is 1. The Labute approximate surface area is 99.0 Å². The quantitative estimate of drug-likeness (QED) is 0.709. The minimum Gasteiger partial charge on any atom is -0.408 e. The Hall–Kier alpha value is -2.39. The van der Waals surface area contributed by atoms with Crippen molar-refractivity contribution in [2.45, 2.75) is 0 Å². The van der Waals surface area contributed by atoms with Gasteiger partial charge in [0.05, 0.1) is 5.52 Å². The van der Waals surface area contributed by atoms with Crippen LogP contribution in [0.15, 0.2) is 32.8 Å². The summed E-state index contributed by atoms with van der Waals surface area (Å²) in [4.78, 5) is 17.7. The first kappa shape index (κ1) is 9.81. The summed E-state index contributed by atoms with van der Waals surface area (Å²) in [6, 6.07) is 7.27. The smallest absolute Gasteiger partial charge is 0.408 e. The molecule has 17 heavy (non-hydrogen) atoms. The fraction of sp³-hybridized carbons (Fsp3) is 0. The van der Waals surface area contributed by atoms with Crippen molar-refractivity contribution in [2.24, 2.45) is 0 Å². The first-order chi connectivity index (χ1) is 8.26. The molecule has 2 aromatic heterocycles. The molecule has 3 rings (SSSR count). The van der Waals surface area contributed by atoms with Gasteiger partial charge < -0.3 is 4.42 Å². The fourth-order valence-electron chi connectivity index (χ4n) is 1.54. The highest BCUT2D eigenvalue weighted by molar-refractivity contribution is 7.13. The largest absolute Gasteiger partial charge is 0.417 e. The number of nitriles is 1. The van der Waals surface area contributed by atoms with Crippen LogP contribution in [-0.2, 0) is 0 Å². The molecule has 0 radical (unpaired) electrons. The first-order valence-electron chi connectivity index (χ1n) is 4.75. The van der Waals surface area contributed by atoms with Gasteiger partial charge in [-0.3, -0.25) is 4.98 Å². The van der Waals surface area contributed by atoms with E-state index in [4.69, 9.17) is 9.68 Å². The van der Waals surface area contributed by atoms with Gasteiger partial charge >= 0.3 is 5.76 Å². The second-order valence-corrected chi connectivity index (χ2v) is 4.23. The van der Waals surface area contributed by atoms with E-state index in [2.05, 4.69) is 9.97 Å². The standard InChI is InChI=1S/C11H5N3O2S/c12-4-7-5-17-10(13-7)6-1-2-9-8(3-6)14-11(15)16-9/h1-3,5H,(H,14,15). The van der Waals surface area contributed by atoms with Gasteiger partial charge in [-0.25, -0.2) is 9.78 Å². The van der Waals surface area contributed by atoms with Gasteiger partial charge in [0.25, 0.3) is 0 Å². The molecule has 1 aromatic carbocycles. The Morgan fingerprint density at radius 1 is 1.47 bits per heavy atom. The fourth-order valence-corrected chi connectivity index (χ4v) is 2.29. The summed E-state index contributed by atoms with van der Waals surface area (Å²) in [6.45, 7) is 0. The summed E-state index contributed by atoms with van der Waals surface area (Å²) in [5, 5.41) is 11.1. The average molecular weight is 243 g/mol. The predicted octanol–water partition coefficient (Wildman–Crippen LogP) is 2.12. The van der Waals surface area contributed by atoms with Crippen molar-refractivity contribution in [3.63, 3.8) is 0 Å². The maximum atomic E-state index is 11.0. The van der Waals surface area contributed by atoms with E-state index in [1.54, 1.807) is 23.6 Å². The molecule has 0 atom stereocenters. The van der Waals surface area contributed by atoms with Gasteiger partial charge in [-0.2, -0.15) is 5.26 Å². The third-order valence-corrected chi connectivity index (χ3v) is 3.18. The lowest BCUT2D eigenvalue weighted by molar-refractivity contribution is 0.555. The summed E-state index contributed by atoms with van der Waals surface area (Å²) in [5.74, 6) is -0.478. The van der Waals surface area contributed by atoms with Crippen molar-refractivity contribution >= 4 is 22.4 Å². The normalized spacial score (nSPS) is 10.5. The highest BCUT2D eigenvalue weighted by atomic mass is 32.1. The number of hydrogen-bond donors (Lipinski definition) is 1. The summed E-state index contributed by atoms with van der Waals surface area (Å²) in [6.07, 6.45) is 0. The average Bonchev–Trinajstić information content (AvgIpc) is 2.92. The molecule has 82 valence electrons. The summed E-state index contributed by atoms with van der Waals surface area (Å²) < 4.78 is 4.90. The van der Waals surface area contributed by atoms with Crippen LogP contribution in [0.4, 0.5) is 0 Å². The van der Waals surface area contributed by atoms with E-state index in [1.165, 1.54) is 11.3 Å². The van der Waals surface area contributed by atoms with E-state index >= 15 is 0 Å². The molecule has 0 aliphatic carbocycles. The van der Waals surface area contributed by atoms with Crippen molar-refractivity contribution in [1.29, 1.82) is 5.26 Å². The van der Waals surface area contributed by atoms with Crippen molar-refractivity contribution in [3.8, 4) is 16.6 Å². The van der Waals surface area contributed by atoms with Crippen LogP contribution in [0.3, 0.4) is 0 Å². The lowest BCUT2D eigenvalue weighted by Crippen LogP contribution is -1.92. The lowest BCUT2D eigenvalue weighted by atomic mass is 10.2. The molecule has 6 heteroatoms. The lowest BCUT2D eigenvalue weighted by Gasteiger charge is -1.94. The SMILES string of the molecule is N#Cc1csc(-c2ccc3oc(=O)[nH]c3c2)n1. The molecular weight excluding hydrogens is 238 g/mol. The number of hydrogen-bond acceptors (Lipinski definition) is 5. The van der Waals surface area contributed by atoms with E-state index in [0.717, 1.165) is 10.6 Å². The maximum Gasteiger partial charge on any atom is 0.417 e. The van der Waals surface area contributed by atoms with Crippen molar-refractivity contribution < 1.29 is 4.42 Å². The van der Waals surface area contributed by atoms with Gasteiger partial charge in [0, 0.05) is 10.9 Å². The van der Waals surface area contributed by atoms with E-state index in [9.17, 15) is 4.79 Å². The molecule has 0 saturated carbocycles. The second kappa shape index (κ2) is 3.57. The zero-order valence-corrected chi connectivity index (χ0v) is 9.25. The van der Waals surface area contributed by atoms with Gasteiger partial charge in [0.2, 0.25) is 0 Å². The molecule has 0 aliphatic rings. The van der Waals surface area contributed by atoms with Crippen molar-refractivity contribution in [2.75, 3.05) is 0 Å². The van der Waals surface area contributed by atoms with Crippen LogP contribution in [-0.4, -0.2) is 9.97 Å². The third-order valence-electron chi connectivity index (χ3n) is 2.28. The molecule has 0 fully saturated rings. The van der Waals surface area contributed by atoms with Crippen LogP contribution < -0.4 is 5.76 Å². The molecule has 0 spiro atoms. The summed E-state index contributed by atoms with van der Waals surface area (Å²) in [5.41, 5.74) is 2.38. The van der Waals surface area contributed by atoms with Crippen LogP contribution in [0.5, 0.6) is 0 Å². The molecule has 0 unspecified atom stereocenters. The van der Waals surface area contributed by atoms with Gasteiger partial charge in [-0.1, -0.05) is 0 Å². The molecule has 0 amide bonds. The van der Waals surface area contributed by atoms with Crippen LogP contribution >= 0.6 is 11.3 Å². The molecule has 0 aliphatic heterocycles. The Balaban J connectivity index is 2.17. The van der Waals surface area contributed by atoms with Crippen LogP contribution in [0, 0.1) is 11.3 Å². The number of thiazole rings is 1. The zero-order chi connectivity index (χ0) is 11.8. The minimum absolute atomic E-state index is 0.394. The predicted molar refractivity (Wildman–Crippen MR) is 62.7 cm³/mol. The Bertz CT molecular complexity index is 791. The number of nitrogens with one attached hydrogen (secondary N) is 1. The molecule has 0 saturated heterocycles. The number of H-pyrrole nitrogens is 1. The monoisotopic (exact) mass is 243 g/mol. The highest BCUT2D eigenvalue weighted by Crippen LogP contribution is 2.25. The third kappa shape index (κ3) is 1.62. The van der Waals surface area contributed by atoms with Gasteiger partial charge in [0.1, 0.15) is 11.1 Å². The molecule has 2 heterocycles. The van der Waals surface area contributed by atoms with E-state index in [-0.39, 0.29) is 0 Å². The molecule has 3 aromatic rings. The minimum atomic E-state index is -0.478. The van der Waals surface area contributed by atoms with E-state index in [0.29, 0.717) is 16.8 Å². The second-order valence-electron chi connectivity index (χ2n) is 3.38. The van der Waals surface area contributed by atoms with Crippen LogP contribution in [0.2, 0.25) is 0 Å². The highest BCUT2D eigenvalue weighted by Gasteiger charge is 2.07. The number of aromatic amines is 1. The Morgan fingerprint density at radius 3 is 3.12 bits per heavy atom. The number of rotatable bonds is 1. The Morgan fingerprint density at radius 2 is 2.35 bits per heavy atom. The number of aromatic nitrogens is 2. The number of nitrogens with zero attached hydrogens (tertiary/aromatic N) is 2. The number of benzene rings is 1. The molecule has 5 nitrogen and oxygen atoms in total. The van der Waals surface area contributed by atoms with Crippen molar-refractivity contribution in [1.82, 2.24) is 9.97 Å². The summed E-state index contributed by atoms with van der Waals surface area (Å²) in [7, 11) is 0. The van der Waals surface area contributed by atoms with Crippen molar-refractivity contribution in [3.05, 3.63) is 39.8 Å². The van der Waals surface area contributed by atoms with Gasteiger partial charge in [-0.05, 0) is 18.2 Å². The van der Waals surface area contributed by atoms with Crippen LogP contribution in [0.25, 0.3) is 21.7 Å². The molecule has 0 bridgehead atoms. The Kier molecular flexibility index (Phi) is 2.06. The summed E-state index contributed by atoms with van der Waals surface area (Å²) >= 11 is 1.39. The van der Waals surface area contributed by atoms with Crippen LogP contribution in [0.1, 0.15) is 5.69 Å². The maximum absolute atomic E-state index is 11.0. The first-order valence-corrected chi connectivity index (χ1v) is 5.63. The van der Waals surface area contributed by atoms with Gasteiger partial charge in [0.15, 0.2) is 11.3 Å². The molecular formula is C11H5N3O2S. The topological polar surface area (TPSA) is 82.7 Å². The molecule has 1 N–H and O–H groups in total. The van der Waals surface area contributed by atoms with Gasteiger partial charge in [-0.15, -0.1) is 11.3 Å². The van der Waals surface area contributed by atoms with E-state index in [1.807, 2.05) is 6.07 Å². The number of oxazole rings is 1.